The molecular formula is C22H30N2O2. The first kappa shape index (κ1) is 16.6. The molecule has 1 aromatic carbocycles. The van der Waals surface area contributed by atoms with Gasteiger partial charge < -0.3 is 15.0 Å². The van der Waals surface area contributed by atoms with E-state index in [0.29, 0.717) is 12.5 Å². The molecule has 26 heavy (non-hydrogen) atoms. The minimum Gasteiger partial charge on any atom is -0.487 e. The fraction of sp³-hybridized carbons (Fsp3) is 0.682. The molecule has 2 saturated carbocycles. The van der Waals surface area contributed by atoms with E-state index >= 15 is 0 Å². The Morgan fingerprint density at radius 2 is 1.92 bits per heavy atom. The summed E-state index contributed by atoms with van der Waals surface area (Å²) in [4.78, 5) is 15.1. The number of piperidine rings is 1. The molecule has 0 aromatic heterocycles. The van der Waals surface area contributed by atoms with Crippen molar-refractivity contribution in [3.05, 3.63) is 29.8 Å². The van der Waals surface area contributed by atoms with Crippen molar-refractivity contribution in [1.82, 2.24) is 10.2 Å². The molecule has 1 atom stereocenters. The van der Waals surface area contributed by atoms with E-state index in [-0.39, 0.29) is 17.4 Å². The lowest BCUT2D eigenvalue weighted by molar-refractivity contribution is -0.122. The van der Waals surface area contributed by atoms with E-state index < -0.39 is 0 Å². The number of rotatable bonds is 5. The number of benzene rings is 1. The number of fused-ring (bicyclic) bond motifs is 1. The topological polar surface area (TPSA) is 41.6 Å². The number of hydrogen-bond donors (Lipinski definition) is 1. The fourth-order valence-electron chi connectivity index (χ4n) is 4.78. The van der Waals surface area contributed by atoms with Gasteiger partial charge in [0, 0.05) is 38.0 Å². The molecule has 3 fully saturated rings. The number of amides is 1. The molecule has 4 heteroatoms. The molecule has 4 nitrogen and oxygen atoms in total. The molecule has 0 radical (unpaired) electrons. The van der Waals surface area contributed by atoms with Gasteiger partial charge in [0.25, 0.3) is 0 Å². The highest BCUT2D eigenvalue weighted by Crippen LogP contribution is 2.47. The van der Waals surface area contributed by atoms with Gasteiger partial charge in [-0.1, -0.05) is 18.2 Å². The summed E-state index contributed by atoms with van der Waals surface area (Å²) in [6.45, 7) is 3.55. The Bertz CT molecular complexity index is 672. The summed E-state index contributed by atoms with van der Waals surface area (Å²) in [5.74, 6) is 2.47. The van der Waals surface area contributed by atoms with Crippen LogP contribution >= 0.6 is 0 Å². The van der Waals surface area contributed by atoms with Crippen molar-refractivity contribution < 1.29 is 9.53 Å². The van der Waals surface area contributed by atoms with Gasteiger partial charge in [-0.15, -0.1) is 0 Å². The van der Waals surface area contributed by atoms with E-state index in [2.05, 4.69) is 34.5 Å². The summed E-state index contributed by atoms with van der Waals surface area (Å²) >= 11 is 0. The molecule has 2 heterocycles. The molecular weight excluding hydrogens is 324 g/mol. The summed E-state index contributed by atoms with van der Waals surface area (Å²) in [6.07, 6.45) is 8.91. The first-order chi connectivity index (χ1) is 12.7. The van der Waals surface area contributed by atoms with Crippen molar-refractivity contribution in [1.29, 1.82) is 0 Å². The lowest BCUT2D eigenvalue weighted by atomic mass is 9.76. The third-order valence-electron chi connectivity index (χ3n) is 6.66. The van der Waals surface area contributed by atoms with Crippen LogP contribution in [0.3, 0.4) is 0 Å². The van der Waals surface area contributed by atoms with E-state index in [1.807, 2.05) is 0 Å². The van der Waals surface area contributed by atoms with E-state index in [4.69, 9.17) is 4.74 Å². The van der Waals surface area contributed by atoms with Crippen LogP contribution in [0.4, 0.5) is 0 Å². The number of ether oxygens (including phenoxy) is 1. The zero-order valence-electron chi connectivity index (χ0n) is 15.6. The van der Waals surface area contributed by atoms with Gasteiger partial charge in [0.15, 0.2) is 0 Å². The van der Waals surface area contributed by atoms with Crippen molar-refractivity contribution in [2.24, 2.45) is 5.92 Å². The molecule has 2 aliphatic carbocycles. The smallest absolute Gasteiger partial charge is 0.220 e. The molecule has 1 spiro atoms. The quantitative estimate of drug-likeness (QED) is 0.880. The third kappa shape index (κ3) is 3.62. The summed E-state index contributed by atoms with van der Waals surface area (Å²) in [7, 11) is 0. The van der Waals surface area contributed by atoms with Gasteiger partial charge in [-0.25, -0.2) is 0 Å². The number of nitrogens with one attached hydrogen (secondary N) is 1. The van der Waals surface area contributed by atoms with E-state index in [0.717, 1.165) is 56.9 Å². The Kier molecular flexibility index (Phi) is 4.19. The average Bonchev–Trinajstić information content (AvgIpc) is 3.54. The lowest BCUT2D eigenvalue weighted by Gasteiger charge is -2.47. The Morgan fingerprint density at radius 1 is 1.15 bits per heavy atom. The van der Waals surface area contributed by atoms with Crippen LogP contribution in [0.25, 0.3) is 0 Å². The van der Waals surface area contributed by atoms with Crippen LogP contribution in [0.5, 0.6) is 5.75 Å². The van der Waals surface area contributed by atoms with Crippen LogP contribution in [0.1, 0.15) is 62.8 Å². The maximum absolute atomic E-state index is 12.5. The van der Waals surface area contributed by atoms with Gasteiger partial charge in [0.1, 0.15) is 11.4 Å². The lowest BCUT2D eigenvalue weighted by Crippen LogP contribution is -2.51. The number of carbonyl (C=O) groups excluding carboxylic acids is 1. The van der Waals surface area contributed by atoms with Gasteiger partial charge in [-0.05, 0) is 62.5 Å². The predicted octanol–water partition coefficient (Wildman–Crippen LogP) is 3.47. The van der Waals surface area contributed by atoms with Crippen LogP contribution in [0.15, 0.2) is 24.3 Å². The Balaban J connectivity index is 1.29. The van der Waals surface area contributed by atoms with E-state index in [1.165, 1.54) is 24.9 Å². The highest BCUT2D eigenvalue weighted by molar-refractivity contribution is 5.77. The first-order valence-electron chi connectivity index (χ1n) is 10.5. The van der Waals surface area contributed by atoms with Crippen molar-refractivity contribution in [2.45, 2.75) is 68.9 Å². The van der Waals surface area contributed by atoms with Crippen molar-refractivity contribution in [2.75, 3.05) is 19.6 Å². The zero-order chi connectivity index (χ0) is 17.6. The van der Waals surface area contributed by atoms with Crippen LogP contribution in [0, 0.1) is 5.92 Å². The molecule has 1 aromatic rings. The molecule has 0 bridgehead atoms. The Hall–Kier alpha value is -1.55. The van der Waals surface area contributed by atoms with Gasteiger partial charge in [0.05, 0.1) is 0 Å². The van der Waals surface area contributed by atoms with Crippen molar-refractivity contribution in [3.63, 3.8) is 0 Å². The maximum atomic E-state index is 12.5. The number of likely N-dealkylation sites (tertiary alicyclic amines) is 1. The Morgan fingerprint density at radius 3 is 2.65 bits per heavy atom. The largest absolute Gasteiger partial charge is 0.487 e. The van der Waals surface area contributed by atoms with E-state index in [9.17, 15) is 4.79 Å². The molecule has 2 aliphatic heterocycles. The molecule has 1 saturated heterocycles. The Labute approximate surface area is 156 Å². The summed E-state index contributed by atoms with van der Waals surface area (Å²) < 4.78 is 6.58. The SMILES string of the molecule is O=C(CC1CC2(CCN(CC3CC3)CC2)Oc2ccccc21)NC1CC1. The molecule has 140 valence electrons. The number of hydrogen-bond acceptors (Lipinski definition) is 3. The highest BCUT2D eigenvalue weighted by atomic mass is 16.5. The van der Waals surface area contributed by atoms with Crippen LogP contribution in [0.2, 0.25) is 0 Å². The summed E-state index contributed by atoms with van der Waals surface area (Å²) in [5, 5.41) is 3.17. The highest BCUT2D eigenvalue weighted by Gasteiger charge is 2.44. The van der Waals surface area contributed by atoms with Crippen LogP contribution in [-0.2, 0) is 4.79 Å². The fourth-order valence-corrected chi connectivity index (χ4v) is 4.78. The molecule has 5 rings (SSSR count). The summed E-state index contributed by atoms with van der Waals surface area (Å²) in [5.41, 5.74) is 1.16. The molecule has 4 aliphatic rings. The standard InChI is InChI=1S/C22H30N2O2/c25-21(23-18-7-8-18)13-17-14-22(26-20-4-2-1-3-19(17)20)9-11-24(12-10-22)15-16-5-6-16/h1-4,16-18H,5-15H2,(H,23,25). The first-order valence-corrected chi connectivity index (χ1v) is 10.5. The normalized spacial score (nSPS) is 27.6. The second kappa shape index (κ2) is 6.56. The van der Waals surface area contributed by atoms with Crippen molar-refractivity contribution in [3.8, 4) is 5.75 Å². The number of carbonyl (C=O) groups is 1. The van der Waals surface area contributed by atoms with Gasteiger partial charge >= 0.3 is 0 Å². The predicted molar refractivity (Wildman–Crippen MR) is 101 cm³/mol. The maximum Gasteiger partial charge on any atom is 0.220 e. The minimum absolute atomic E-state index is 0.0705. The number of para-hydroxylation sites is 1. The second-order valence-electron chi connectivity index (χ2n) is 9.01. The monoisotopic (exact) mass is 354 g/mol. The zero-order valence-corrected chi connectivity index (χ0v) is 15.6. The summed E-state index contributed by atoms with van der Waals surface area (Å²) in [6, 6.07) is 8.82. The second-order valence-corrected chi connectivity index (χ2v) is 9.01. The van der Waals surface area contributed by atoms with Crippen molar-refractivity contribution >= 4 is 5.91 Å². The van der Waals surface area contributed by atoms with E-state index in [1.54, 1.807) is 0 Å². The van der Waals surface area contributed by atoms with Gasteiger partial charge in [0.2, 0.25) is 5.91 Å². The molecule has 1 amide bonds. The van der Waals surface area contributed by atoms with Crippen LogP contribution in [-0.4, -0.2) is 42.1 Å². The third-order valence-corrected chi connectivity index (χ3v) is 6.66. The average molecular weight is 354 g/mol. The minimum atomic E-state index is -0.0705. The van der Waals surface area contributed by atoms with Gasteiger partial charge in [-0.2, -0.15) is 0 Å². The molecule has 1 unspecified atom stereocenters. The van der Waals surface area contributed by atoms with Gasteiger partial charge in [-0.3, -0.25) is 4.79 Å². The van der Waals surface area contributed by atoms with Crippen LogP contribution < -0.4 is 10.1 Å². The molecule has 1 N–H and O–H groups in total. The number of nitrogens with zero attached hydrogens (tertiary/aromatic N) is 1.